The van der Waals surface area contributed by atoms with Crippen LogP contribution < -0.4 is 5.73 Å². The predicted molar refractivity (Wildman–Crippen MR) is 75.4 cm³/mol. The molecule has 2 N–H and O–H groups in total. The van der Waals surface area contributed by atoms with Crippen LogP contribution in [0.25, 0.3) is 0 Å². The minimum absolute atomic E-state index is 0.241. The maximum atomic E-state index is 12.8. The van der Waals surface area contributed by atoms with Crippen LogP contribution in [0.15, 0.2) is 0 Å². The van der Waals surface area contributed by atoms with Crippen LogP contribution in [0.1, 0.15) is 32.1 Å². The van der Waals surface area contributed by atoms with E-state index in [4.69, 9.17) is 10.5 Å². The third-order valence-electron chi connectivity index (χ3n) is 4.53. The number of methoxy groups -OCH3 is 1. The number of rotatable bonds is 4. The normalized spacial score (nSPS) is 32.2. The lowest BCUT2D eigenvalue weighted by Crippen LogP contribution is -2.45. The summed E-state index contributed by atoms with van der Waals surface area (Å²) in [6.45, 7) is 1.52. The molecule has 6 nitrogen and oxygen atoms in total. The van der Waals surface area contributed by atoms with Crippen molar-refractivity contribution in [2.75, 3.05) is 26.7 Å². The average Bonchev–Trinajstić information content (AvgIpc) is 2.96. The maximum absolute atomic E-state index is 12.8. The molecule has 0 radical (unpaired) electrons. The van der Waals surface area contributed by atoms with E-state index in [1.54, 1.807) is 0 Å². The topological polar surface area (TPSA) is 89.7 Å². The first-order valence-corrected chi connectivity index (χ1v) is 8.78. The standard InChI is InChI=1S/C13H24N2O4S/c1-19-13(16)11-4-2-3-5-12(11)20(17,18)15-7-6-10(8-14)9-15/h10-12H,2-9,14H2,1H3. The van der Waals surface area contributed by atoms with Crippen LogP contribution in [-0.2, 0) is 19.6 Å². The molecule has 0 aromatic carbocycles. The first-order chi connectivity index (χ1) is 9.50. The van der Waals surface area contributed by atoms with Gasteiger partial charge in [0.05, 0.1) is 18.3 Å². The van der Waals surface area contributed by atoms with Crippen LogP contribution in [0.3, 0.4) is 0 Å². The van der Waals surface area contributed by atoms with Gasteiger partial charge in [0.25, 0.3) is 0 Å². The fourth-order valence-electron chi connectivity index (χ4n) is 3.29. The summed E-state index contributed by atoms with van der Waals surface area (Å²) in [6.07, 6.45) is 3.70. The number of nitrogens with zero attached hydrogens (tertiary/aromatic N) is 1. The molecule has 7 heteroatoms. The predicted octanol–water partition coefficient (Wildman–Crippen LogP) is 0.329. The number of hydrogen-bond donors (Lipinski definition) is 1. The van der Waals surface area contributed by atoms with Crippen molar-refractivity contribution in [3.8, 4) is 0 Å². The number of hydrogen-bond acceptors (Lipinski definition) is 5. The molecule has 0 amide bonds. The molecule has 1 aliphatic carbocycles. The molecule has 0 aromatic rings. The summed E-state index contributed by atoms with van der Waals surface area (Å²) in [5.41, 5.74) is 5.62. The molecule has 116 valence electrons. The molecule has 2 aliphatic rings. The van der Waals surface area contributed by atoms with Gasteiger partial charge in [0.1, 0.15) is 0 Å². The van der Waals surface area contributed by atoms with E-state index in [0.29, 0.717) is 32.5 Å². The van der Waals surface area contributed by atoms with Gasteiger partial charge in [-0.05, 0) is 31.7 Å². The Morgan fingerprint density at radius 3 is 2.60 bits per heavy atom. The number of ether oxygens (including phenoxy) is 1. The van der Waals surface area contributed by atoms with Gasteiger partial charge in [-0.15, -0.1) is 0 Å². The lowest BCUT2D eigenvalue weighted by atomic mass is 9.89. The van der Waals surface area contributed by atoms with Gasteiger partial charge in [0.15, 0.2) is 0 Å². The lowest BCUT2D eigenvalue weighted by molar-refractivity contribution is -0.146. The average molecular weight is 304 g/mol. The number of carbonyl (C=O) groups is 1. The molecule has 1 heterocycles. The van der Waals surface area contributed by atoms with Crippen molar-refractivity contribution in [2.45, 2.75) is 37.4 Å². The molecule has 2 rings (SSSR count). The Bertz CT molecular complexity index is 451. The highest BCUT2D eigenvalue weighted by atomic mass is 32.2. The molecule has 20 heavy (non-hydrogen) atoms. The van der Waals surface area contributed by atoms with Crippen LogP contribution in [0, 0.1) is 11.8 Å². The van der Waals surface area contributed by atoms with Gasteiger partial charge in [-0.3, -0.25) is 4.79 Å². The van der Waals surface area contributed by atoms with Crippen molar-refractivity contribution in [1.29, 1.82) is 0 Å². The highest BCUT2D eigenvalue weighted by molar-refractivity contribution is 7.89. The molecule has 0 bridgehead atoms. The van der Waals surface area contributed by atoms with Crippen molar-refractivity contribution in [3.63, 3.8) is 0 Å². The van der Waals surface area contributed by atoms with E-state index < -0.39 is 27.2 Å². The lowest BCUT2D eigenvalue weighted by Gasteiger charge is -2.32. The molecule has 0 aromatic heterocycles. The van der Waals surface area contributed by atoms with E-state index in [-0.39, 0.29) is 5.92 Å². The molecule has 3 atom stereocenters. The van der Waals surface area contributed by atoms with Gasteiger partial charge in [-0.1, -0.05) is 12.8 Å². The number of carbonyl (C=O) groups excluding carboxylic acids is 1. The van der Waals surface area contributed by atoms with Crippen LogP contribution in [0.4, 0.5) is 0 Å². The third-order valence-corrected chi connectivity index (χ3v) is 6.91. The Morgan fingerprint density at radius 1 is 1.30 bits per heavy atom. The number of esters is 1. The van der Waals surface area contributed by atoms with Gasteiger partial charge in [0, 0.05) is 13.1 Å². The summed E-state index contributed by atoms with van der Waals surface area (Å²) in [7, 11) is -2.11. The Hall–Kier alpha value is -0.660. The van der Waals surface area contributed by atoms with Crippen molar-refractivity contribution < 1.29 is 17.9 Å². The Morgan fingerprint density at radius 2 is 2.00 bits per heavy atom. The molecule has 3 unspecified atom stereocenters. The quantitative estimate of drug-likeness (QED) is 0.756. The second kappa shape index (κ2) is 6.41. The molecule has 1 saturated carbocycles. The third kappa shape index (κ3) is 2.99. The maximum Gasteiger partial charge on any atom is 0.310 e. The van der Waals surface area contributed by atoms with E-state index in [9.17, 15) is 13.2 Å². The van der Waals surface area contributed by atoms with E-state index in [0.717, 1.165) is 19.3 Å². The van der Waals surface area contributed by atoms with E-state index in [2.05, 4.69) is 0 Å². The summed E-state index contributed by atoms with van der Waals surface area (Å²) in [5, 5.41) is -0.625. The SMILES string of the molecule is COC(=O)C1CCCCC1S(=O)(=O)N1CCC(CN)C1. The van der Waals surface area contributed by atoms with Crippen molar-refractivity contribution in [1.82, 2.24) is 4.31 Å². The zero-order valence-electron chi connectivity index (χ0n) is 12.0. The minimum atomic E-state index is -3.43. The molecular formula is C13H24N2O4S. The zero-order valence-corrected chi connectivity index (χ0v) is 12.8. The van der Waals surface area contributed by atoms with E-state index in [1.807, 2.05) is 0 Å². The largest absolute Gasteiger partial charge is 0.469 e. The van der Waals surface area contributed by atoms with Gasteiger partial charge in [-0.2, -0.15) is 0 Å². The monoisotopic (exact) mass is 304 g/mol. The first-order valence-electron chi connectivity index (χ1n) is 7.27. The molecule has 1 aliphatic heterocycles. The van der Waals surface area contributed by atoms with E-state index >= 15 is 0 Å². The fraction of sp³-hybridized carbons (Fsp3) is 0.923. The molecule has 0 spiro atoms. The first kappa shape index (κ1) is 15.7. The second-order valence-corrected chi connectivity index (χ2v) is 7.90. The Balaban J connectivity index is 2.16. The summed E-state index contributed by atoms with van der Waals surface area (Å²) < 4.78 is 31.8. The summed E-state index contributed by atoms with van der Waals surface area (Å²) in [5.74, 6) is -0.673. The van der Waals surface area contributed by atoms with Gasteiger partial charge >= 0.3 is 5.97 Å². The van der Waals surface area contributed by atoms with Crippen molar-refractivity contribution in [3.05, 3.63) is 0 Å². The number of sulfonamides is 1. The molecular weight excluding hydrogens is 280 g/mol. The summed E-state index contributed by atoms with van der Waals surface area (Å²) in [4.78, 5) is 11.8. The second-order valence-electron chi connectivity index (χ2n) is 5.75. The van der Waals surface area contributed by atoms with Gasteiger partial charge < -0.3 is 10.5 Å². The van der Waals surface area contributed by atoms with Crippen LogP contribution in [0.5, 0.6) is 0 Å². The van der Waals surface area contributed by atoms with Crippen LogP contribution in [0.2, 0.25) is 0 Å². The zero-order chi connectivity index (χ0) is 14.8. The van der Waals surface area contributed by atoms with E-state index in [1.165, 1.54) is 11.4 Å². The molecule has 2 fully saturated rings. The summed E-state index contributed by atoms with van der Waals surface area (Å²) >= 11 is 0. The Labute approximate surface area is 120 Å². The summed E-state index contributed by atoms with van der Waals surface area (Å²) in [6, 6.07) is 0. The van der Waals surface area contributed by atoms with Crippen molar-refractivity contribution >= 4 is 16.0 Å². The minimum Gasteiger partial charge on any atom is -0.469 e. The number of nitrogens with two attached hydrogens (primary N) is 1. The van der Waals surface area contributed by atoms with Crippen LogP contribution >= 0.6 is 0 Å². The van der Waals surface area contributed by atoms with Crippen LogP contribution in [-0.4, -0.2) is 50.7 Å². The highest BCUT2D eigenvalue weighted by Crippen LogP contribution is 2.34. The highest BCUT2D eigenvalue weighted by Gasteiger charge is 2.44. The van der Waals surface area contributed by atoms with Gasteiger partial charge in [0.2, 0.25) is 10.0 Å². The fourth-order valence-corrected chi connectivity index (χ4v) is 5.57. The van der Waals surface area contributed by atoms with Gasteiger partial charge in [-0.25, -0.2) is 12.7 Å². The smallest absolute Gasteiger partial charge is 0.310 e. The van der Waals surface area contributed by atoms with Crippen molar-refractivity contribution in [2.24, 2.45) is 17.6 Å². The molecule has 1 saturated heterocycles. The Kier molecular flexibility index (Phi) is 5.04.